The molecule has 2 N–H and O–H groups in total. The number of benzene rings is 1. The molecule has 2 aliphatic rings. The van der Waals surface area contributed by atoms with Crippen molar-refractivity contribution in [1.29, 1.82) is 0 Å². The number of nitrogens with zero attached hydrogens (tertiary/aromatic N) is 1. The first-order valence-electron chi connectivity index (χ1n) is 8.87. The average molecular weight is 367 g/mol. The number of carbonyl (C=O) groups excluding carboxylic acids is 2. The summed E-state index contributed by atoms with van der Waals surface area (Å²) in [6.45, 7) is 5.43. The summed E-state index contributed by atoms with van der Waals surface area (Å²) >= 11 is 6.20. The van der Waals surface area contributed by atoms with E-state index in [1.807, 2.05) is 18.2 Å². The van der Waals surface area contributed by atoms with Crippen molar-refractivity contribution in [2.75, 3.05) is 39.4 Å². The summed E-state index contributed by atoms with van der Waals surface area (Å²) in [6, 6.07) is 7.04. The number of hydrogen-bond acceptors (Lipinski definition) is 3. The van der Waals surface area contributed by atoms with Crippen molar-refractivity contribution in [2.45, 2.75) is 25.4 Å². The maximum Gasteiger partial charge on any atom is 0.243 e. The van der Waals surface area contributed by atoms with Crippen molar-refractivity contribution in [3.05, 3.63) is 34.9 Å². The van der Waals surface area contributed by atoms with Gasteiger partial charge in [-0.05, 0) is 18.1 Å². The minimum absolute atomic E-state index is 0.0128. The van der Waals surface area contributed by atoms with Crippen LogP contribution in [0.2, 0.25) is 5.02 Å². The van der Waals surface area contributed by atoms with Gasteiger partial charge in [0, 0.05) is 18.0 Å². The Morgan fingerprint density at radius 1 is 1.32 bits per heavy atom. The topological polar surface area (TPSA) is 63.1 Å². The highest BCUT2D eigenvalue weighted by atomic mass is 35.5. The smallest absolute Gasteiger partial charge is 0.243 e. The first-order valence-corrected chi connectivity index (χ1v) is 9.25. The molecule has 136 valence electrons. The van der Waals surface area contributed by atoms with Crippen molar-refractivity contribution in [3.8, 4) is 0 Å². The number of amides is 2. The fourth-order valence-corrected chi connectivity index (χ4v) is 3.60. The number of nitrogens with one attached hydrogen (secondary N) is 2. The van der Waals surface area contributed by atoms with Gasteiger partial charge >= 0.3 is 0 Å². The fourth-order valence-electron chi connectivity index (χ4n) is 3.40. The quantitative estimate of drug-likeness (QED) is 0.737. The Labute approximate surface area is 153 Å². The van der Waals surface area contributed by atoms with E-state index in [0.717, 1.165) is 38.4 Å². The highest BCUT2D eigenvalue weighted by Gasteiger charge is 2.36. The fraction of sp³-hybridized carbons (Fsp3) is 0.556. The molecule has 6 nitrogen and oxygen atoms in total. The predicted octanol–water partition coefficient (Wildman–Crippen LogP) is -0.138. The van der Waals surface area contributed by atoms with Crippen LogP contribution >= 0.6 is 11.6 Å². The van der Waals surface area contributed by atoms with Crippen LogP contribution in [0.15, 0.2) is 24.3 Å². The molecule has 1 aromatic carbocycles. The van der Waals surface area contributed by atoms with E-state index < -0.39 is 6.04 Å². The zero-order chi connectivity index (χ0) is 17.6. The SMILES string of the molecule is O=C(NCC[NH+]1CCOCC1)C1CCC(=O)N1Cc1ccccc1Cl. The van der Waals surface area contributed by atoms with E-state index in [1.54, 1.807) is 11.0 Å². The second-order valence-electron chi connectivity index (χ2n) is 6.57. The number of rotatable bonds is 6. The minimum Gasteiger partial charge on any atom is -0.370 e. The summed E-state index contributed by atoms with van der Waals surface area (Å²) in [5.41, 5.74) is 0.870. The zero-order valence-corrected chi connectivity index (χ0v) is 15.1. The van der Waals surface area contributed by atoms with Gasteiger partial charge in [-0.2, -0.15) is 0 Å². The van der Waals surface area contributed by atoms with Gasteiger partial charge < -0.3 is 19.9 Å². The van der Waals surface area contributed by atoms with Gasteiger partial charge in [-0.25, -0.2) is 0 Å². The van der Waals surface area contributed by atoms with E-state index in [-0.39, 0.29) is 11.8 Å². The Bertz CT molecular complexity index is 619. The molecule has 0 radical (unpaired) electrons. The monoisotopic (exact) mass is 366 g/mol. The molecule has 2 saturated heterocycles. The van der Waals surface area contributed by atoms with E-state index in [9.17, 15) is 9.59 Å². The molecule has 1 atom stereocenters. The number of likely N-dealkylation sites (tertiary alicyclic amines) is 1. The van der Waals surface area contributed by atoms with Gasteiger partial charge in [0.05, 0.1) is 26.3 Å². The van der Waals surface area contributed by atoms with Crippen LogP contribution in [0.3, 0.4) is 0 Å². The molecule has 2 heterocycles. The van der Waals surface area contributed by atoms with Crippen LogP contribution in [0.25, 0.3) is 0 Å². The van der Waals surface area contributed by atoms with Crippen LogP contribution in [0, 0.1) is 0 Å². The van der Waals surface area contributed by atoms with Gasteiger partial charge in [0.1, 0.15) is 19.1 Å². The third kappa shape index (κ3) is 4.71. The molecule has 2 fully saturated rings. The van der Waals surface area contributed by atoms with Gasteiger partial charge in [0.25, 0.3) is 0 Å². The van der Waals surface area contributed by atoms with Crippen LogP contribution in [0.1, 0.15) is 18.4 Å². The molecule has 1 unspecified atom stereocenters. The first-order chi connectivity index (χ1) is 12.1. The molecule has 0 saturated carbocycles. The number of ether oxygens (including phenoxy) is 1. The first kappa shape index (κ1) is 18.2. The lowest BCUT2D eigenvalue weighted by Crippen LogP contribution is -3.14. The second kappa shape index (κ2) is 8.65. The highest BCUT2D eigenvalue weighted by molar-refractivity contribution is 6.31. The number of carbonyl (C=O) groups is 2. The number of morpholine rings is 1. The lowest BCUT2D eigenvalue weighted by atomic mass is 10.1. The van der Waals surface area contributed by atoms with Crippen LogP contribution < -0.4 is 10.2 Å². The van der Waals surface area contributed by atoms with Gasteiger partial charge in [-0.15, -0.1) is 0 Å². The Hall–Kier alpha value is -1.63. The molecule has 0 aliphatic carbocycles. The molecule has 0 spiro atoms. The maximum atomic E-state index is 12.5. The normalized spacial score (nSPS) is 21.6. The summed E-state index contributed by atoms with van der Waals surface area (Å²) in [5.74, 6) is -0.0514. The molecule has 0 aromatic heterocycles. The molecule has 0 bridgehead atoms. The van der Waals surface area contributed by atoms with Gasteiger partial charge in [-0.3, -0.25) is 9.59 Å². The summed E-state index contributed by atoms with van der Waals surface area (Å²) < 4.78 is 5.34. The third-order valence-electron chi connectivity index (χ3n) is 4.91. The van der Waals surface area contributed by atoms with E-state index in [0.29, 0.717) is 31.0 Å². The van der Waals surface area contributed by atoms with Crippen molar-refractivity contribution in [2.24, 2.45) is 0 Å². The number of quaternary nitrogens is 1. The number of halogens is 1. The Morgan fingerprint density at radius 3 is 2.84 bits per heavy atom. The molecular formula is C18H25ClN3O3+. The summed E-state index contributed by atoms with van der Waals surface area (Å²) in [4.78, 5) is 27.9. The van der Waals surface area contributed by atoms with E-state index >= 15 is 0 Å². The van der Waals surface area contributed by atoms with Crippen LogP contribution in [-0.4, -0.2) is 62.1 Å². The van der Waals surface area contributed by atoms with Gasteiger partial charge in [-0.1, -0.05) is 29.8 Å². The van der Waals surface area contributed by atoms with Crippen molar-refractivity contribution < 1.29 is 19.2 Å². The minimum atomic E-state index is -0.400. The van der Waals surface area contributed by atoms with Crippen LogP contribution in [0.5, 0.6) is 0 Å². The highest BCUT2D eigenvalue weighted by Crippen LogP contribution is 2.24. The maximum absolute atomic E-state index is 12.5. The second-order valence-corrected chi connectivity index (χ2v) is 6.98. The number of hydrogen-bond donors (Lipinski definition) is 2. The summed E-state index contributed by atoms with van der Waals surface area (Å²) in [7, 11) is 0. The molecular weight excluding hydrogens is 342 g/mol. The molecule has 2 amide bonds. The largest absolute Gasteiger partial charge is 0.370 e. The van der Waals surface area contributed by atoms with Crippen LogP contribution in [-0.2, 0) is 20.9 Å². The van der Waals surface area contributed by atoms with E-state index in [4.69, 9.17) is 16.3 Å². The molecule has 3 rings (SSSR count). The molecule has 25 heavy (non-hydrogen) atoms. The molecule has 7 heteroatoms. The lowest BCUT2D eigenvalue weighted by molar-refractivity contribution is -0.906. The Balaban J connectivity index is 1.53. The summed E-state index contributed by atoms with van der Waals surface area (Å²) in [5, 5.41) is 3.62. The standard InChI is InChI=1S/C18H24ClN3O3/c19-15-4-2-1-3-14(15)13-22-16(5-6-17(22)23)18(24)20-7-8-21-9-11-25-12-10-21/h1-4,16H,5-13H2,(H,20,24)/p+1. The lowest BCUT2D eigenvalue weighted by Gasteiger charge is -2.26. The Morgan fingerprint density at radius 2 is 2.08 bits per heavy atom. The van der Waals surface area contributed by atoms with Gasteiger partial charge in [0.2, 0.25) is 11.8 Å². The van der Waals surface area contributed by atoms with Crippen molar-refractivity contribution >= 4 is 23.4 Å². The average Bonchev–Trinajstić information content (AvgIpc) is 2.98. The van der Waals surface area contributed by atoms with Crippen molar-refractivity contribution in [3.63, 3.8) is 0 Å². The molecule has 1 aromatic rings. The van der Waals surface area contributed by atoms with E-state index in [2.05, 4.69) is 5.32 Å². The zero-order valence-electron chi connectivity index (χ0n) is 14.3. The van der Waals surface area contributed by atoms with E-state index in [1.165, 1.54) is 4.90 Å². The van der Waals surface area contributed by atoms with Crippen LogP contribution in [0.4, 0.5) is 0 Å². The third-order valence-corrected chi connectivity index (χ3v) is 5.28. The molecule has 2 aliphatic heterocycles. The predicted molar refractivity (Wildman–Crippen MR) is 94.4 cm³/mol. The Kier molecular flexibility index (Phi) is 6.29. The van der Waals surface area contributed by atoms with Crippen molar-refractivity contribution in [1.82, 2.24) is 10.2 Å². The van der Waals surface area contributed by atoms with Gasteiger partial charge in [0.15, 0.2) is 0 Å². The summed E-state index contributed by atoms with van der Waals surface area (Å²) in [6.07, 6.45) is 0.983.